The van der Waals surface area contributed by atoms with E-state index < -0.39 is 0 Å². The quantitative estimate of drug-likeness (QED) is 0.685. The van der Waals surface area contributed by atoms with Gasteiger partial charge in [0.15, 0.2) is 0 Å². The summed E-state index contributed by atoms with van der Waals surface area (Å²) in [6.07, 6.45) is 1.90. The number of carbonyl (C=O) groups is 1. The predicted octanol–water partition coefficient (Wildman–Crippen LogP) is -0.221. The molecule has 1 saturated heterocycles. The number of aliphatic hydroxyl groups excluding tert-OH is 1. The van der Waals surface area contributed by atoms with Crippen LogP contribution in [0.2, 0.25) is 0 Å². The van der Waals surface area contributed by atoms with Crippen LogP contribution in [-0.2, 0) is 4.79 Å². The second kappa shape index (κ2) is 5.32. The minimum absolute atomic E-state index is 0.0505. The highest BCUT2D eigenvalue weighted by Gasteiger charge is 2.25. The van der Waals surface area contributed by atoms with Crippen LogP contribution < -0.4 is 0 Å². The summed E-state index contributed by atoms with van der Waals surface area (Å²) in [5.41, 5.74) is 0. The van der Waals surface area contributed by atoms with Crippen molar-refractivity contribution in [3.05, 3.63) is 0 Å². The van der Waals surface area contributed by atoms with E-state index in [1.165, 1.54) is 0 Å². The third-order valence-corrected chi connectivity index (χ3v) is 2.88. The molecule has 1 aliphatic rings. The van der Waals surface area contributed by atoms with Crippen molar-refractivity contribution >= 4 is 5.91 Å². The molecule has 4 nitrogen and oxygen atoms in total. The summed E-state index contributed by atoms with van der Waals surface area (Å²) in [5, 5.41) is 8.72. The molecule has 0 aromatic heterocycles. The summed E-state index contributed by atoms with van der Waals surface area (Å²) >= 11 is 0. The monoisotopic (exact) mass is 200 g/mol. The maximum absolute atomic E-state index is 11.8. The topological polar surface area (TPSA) is 43.8 Å². The molecule has 14 heavy (non-hydrogen) atoms. The number of likely N-dealkylation sites (tertiary alicyclic amines) is 1. The van der Waals surface area contributed by atoms with Crippen molar-refractivity contribution in [2.45, 2.75) is 12.8 Å². The van der Waals surface area contributed by atoms with E-state index in [9.17, 15) is 4.79 Å². The number of piperidine rings is 1. The first-order valence-corrected chi connectivity index (χ1v) is 5.19. The fourth-order valence-electron chi connectivity index (χ4n) is 1.83. The third kappa shape index (κ3) is 2.96. The van der Waals surface area contributed by atoms with E-state index in [0.29, 0.717) is 6.54 Å². The predicted molar refractivity (Wildman–Crippen MR) is 54.9 cm³/mol. The molecule has 0 aromatic rings. The molecule has 1 fully saturated rings. The molecule has 82 valence electrons. The van der Waals surface area contributed by atoms with E-state index in [1.54, 1.807) is 11.9 Å². The lowest BCUT2D eigenvalue weighted by molar-refractivity contribution is -0.136. The molecule has 0 spiro atoms. The van der Waals surface area contributed by atoms with Crippen LogP contribution in [0.5, 0.6) is 0 Å². The van der Waals surface area contributed by atoms with Crippen molar-refractivity contribution in [1.29, 1.82) is 0 Å². The highest BCUT2D eigenvalue weighted by Crippen LogP contribution is 2.17. The van der Waals surface area contributed by atoms with Crippen LogP contribution in [0.1, 0.15) is 12.8 Å². The summed E-state index contributed by atoms with van der Waals surface area (Å²) < 4.78 is 0. The molecule has 0 unspecified atom stereocenters. The number of nitrogens with zero attached hydrogens (tertiary/aromatic N) is 2. The maximum Gasteiger partial charge on any atom is 0.225 e. The van der Waals surface area contributed by atoms with Crippen LogP contribution in [0.3, 0.4) is 0 Å². The first-order chi connectivity index (χ1) is 6.65. The summed E-state index contributed by atoms with van der Waals surface area (Å²) in [4.78, 5) is 15.7. The lowest BCUT2D eigenvalue weighted by Gasteiger charge is -2.30. The standard InChI is InChI=1S/C10H20N2O2/c1-11-5-3-9(4-6-11)10(14)12(2)7-8-13/h9,13H,3-8H2,1-2H3. The fourth-order valence-corrected chi connectivity index (χ4v) is 1.83. The highest BCUT2D eigenvalue weighted by atomic mass is 16.3. The zero-order chi connectivity index (χ0) is 10.6. The molecule has 0 atom stereocenters. The fraction of sp³-hybridized carbons (Fsp3) is 0.900. The molecule has 1 aliphatic heterocycles. The van der Waals surface area contributed by atoms with Gasteiger partial charge in [-0.15, -0.1) is 0 Å². The Morgan fingerprint density at radius 1 is 1.50 bits per heavy atom. The second-order valence-corrected chi connectivity index (χ2v) is 4.06. The minimum atomic E-state index is 0.0505. The molecule has 1 amide bonds. The van der Waals surface area contributed by atoms with Gasteiger partial charge in [0, 0.05) is 19.5 Å². The molecular formula is C10H20N2O2. The molecule has 1 heterocycles. The van der Waals surface area contributed by atoms with Gasteiger partial charge in [0.1, 0.15) is 0 Å². The number of hydrogen-bond acceptors (Lipinski definition) is 3. The Morgan fingerprint density at radius 3 is 2.57 bits per heavy atom. The molecular weight excluding hydrogens is 180 g/mol. The van der Waals surface area contributed by atoms with Crippen LogP contribution >= 0.6 is 0 Å². The number of amides is 1. The van der Waals surface area contributed by atoms with Gasteiger partial charge < -0.3 is 14.9 Å². The first kappa shape index (κ1) is 11.5. The number of likely N-dealkylation sites (N-methyl/N-ethyl adjacent to an activating group) is 1. The van der Waals surface area contributed by atoms with Crippen molar-refractivity contribution in [1.82, 2.24) is 9.80 Å². The largest absolute Gasteiger partial charge is 0.395 e. The highest BCUT2D eigenvalue weighted by molar-refractivity contribution is 5.78. The summed E-state index contributed by atoms with van der Waals surface area (Å²) in [6, 6.07) is 0. The molecule has 0 aliphatic carbocycles. The molecule has 4 heteroatoms. The Labute approximate surface area is 85.5 Å². The summed E-state index contributed by atoms with van der Waals surface area (Å²) in [7, 11) is 3.84. The number of carbonyl (C=O) groups excluding carboxylic acids is 1. The van der Waals surface area contributed by atoms with Crippen LogP contribution in [0, 0.1) is 5.92 Å². The SMILES string of the molecule is CN1CCC(C(=O)N(C)CCO)CC1. The smallest absolute Gasteiger partial charge is 0.225 e. The van der Waals surface area contributed by atoms with Gasteiger partial charge in [-0.3, -0.25) is 4.79 Å². The number of aliphatic hydroxyl groups is 1. The van der Waals surface area contributed by atoms with Crippen LogP contribution in [0.25, 0.3) is 0 Å². The molecule has 1 N–H and O–H groups in total. The van der Waals surface area contributed by atoms with Crippen molar-refractivity contribution in [2.75, 3.05) is 40.3 Å². The third-order valence-electron chi connectivity index (χ3n) is 2.88. The Morgan fingerprint density at radius 2 is 2.07 bits per heavy atom. The van der Waals surface area contributed by atoms with E-state index in [-0.39, 0.29) is 18.4 Å². The Balaban J connectivity index is 2.37. The van der Waals surface area contributed by atoms with Crippen LogP contribution in [0.4, 0.5) is 0 Å². The van der Waals surface area contributed by atoms with Crippen molar-refractivity contribution in [3.63, 3.8) is 0 Å². The molecule has 0 aromatic carbocycles. The maximum atomic E-state index is 11.8. The van der Waals surface area contributed by atoms with Gasteiger partial charge in [-0.25, -0.2) is 0 Å². The second-order valence-electron chi connectivity index (χ2n) is 4.06. The van der Waals surface area contributed by atoms with Gasteiger partial charge in [-0.1, -0.05) is 0 Å². The van der Waals surface area contributed by atoms with Gasteiger partial charge in [0.2, 0.25) is 5.91 Å². The van der Waals surface area contributed by atoms with Crippen LogP contribution in [0.15, 0.2) is 0 Å². The Kier molecular flexibility index (Phi) is 4.35. The average Bonchev–Trinajstić information content (AvgIpc) is 2.18. The van der Waals surface area contributed by atoms with Crippen molar-refractivity contribution in [2.24, 2.45) is 5.92 Å². The van der Waals surface area contributed by atoms with E-state index in [2.05, 4.69) is 11.9 Å². The van der Waals surface area contributed by atoms with Crippen molar-refractivity contribution in [3.8, 4) is 0 Å². The molecule has 0 saturated carbocycles. The van der Waals surface area contributed by atoms with E-state index >= 15 is 0 Å². The number of hydrogen-bond donors (Lipinski definition) is 1. The Bertz CT molecular complexity index is 189. The number of rotatable bonds is 3. The lowest BCUT2D eigenvalue weighted by atomic mass is 9.96. The van der Waals surface area contributed by atoms with Gasteiger partial charge >= 0.3 is 0 Å². The van der Waals surface area contributed by atoms with Gasteiger partial charge in [0.25, 0.3) is 0 Å². The van der Waals surface area contributed by atoms with E-state index in [4.69, 9.17) is 5.11 Å². The van der Waals surface area contributed by atoms with Gasteiger partial charge in [-0.2, -0.15) is 0 Å². The normalized spacial score (nSPS) is 19.6. The molecule has 1 rings (SSSR count). The van der Waals surface area contributed by atoms with E-state index in [1.807, 2.05) is 0 Å². The first-order valence-electron chi connectivity index (χ1n) is 5.19. The zero-order valence-corrected chi connectivity index (χ0v) is 9.07. The van der Waals surface area contributed by atoms with E-state index in [0.717, 1.165) is 25.9 Å². The van der Waals surface area contributed by atoms with Gasteiger partial charge in [-0.05, 0) is 33.0 Å². The zero-order valence-electron chi connectivity index (χ0n) is 9.07. The lowest BCUT2D eigenvalue weighted by Crippen LogP contribution is -2.40. The van der Waals surface area contributed by atoms with Crippen LogP contribution in [-0.4, -0.2) is 61.2 Å². The summed E-state index contributed by atoms with van der Waals surface area (Å²) in [6.45, 7) is 2.51. The Hall–Kier alpha value is -0.610. The average molecular weight is 200 g/mol. The minimum Gasteiger partial charge on any atom is -0.395 e. The van der Waals surface area contributed by atoms with Gasteiger partial charge in [0.05, 0.1) is 6.61 Å². The molecule has 0 bridgehead atoms. The molecule has 0 radical (unpaired) electrons. The van der Waals surface area contributed by atoms with Crippen molar-refractivity contribution < 1.29 is 9.90 Å². The summed E-state index contributed by atoms with van der Waals surface area (Å²) in [5.74, 6) is 0.356.